The van der Waals surface area contributed by atoms with Crippen LogP contribution in [0.4, 0.5) is 0 Å². The van der Waals surface area contributed by atoms with Gasteiger partial charge < -0.3 is 9.32 Å². The molecule has 29 heavy (non-hydrogen) atoms. The summed E-state index contributed by atoms with van der Waals surface area (Å²) in [6.07, 6.45) is 3.39. The lowest BCUT2D eigenvalue weighted by atomic mass is 9.98. The minimum atomic E-state index is -0.559. The maximum atomic E-state index is 13.3. The minimum Gasteiger partial charge on any atom is -0.450 e. The van der Waals surface area contributed by atoms with Gasteiger partial charge in [-0.3, -0.25) is 14.6 Å². The number of halogens is 1. The van der Waals surface area contributed by atoms with Crippen molar-refractivity contribution in [3.8, 4) is 0 Å². The van der Waals surface area contributed by atoms with Crippen LogP contribution in [0.15, 0.2) is 82.3 Å². The summed E-state index contributed by atoms with van der Waals surface area (Å²) in [6.45, 7) is 0.306. The Hall–Kier alpha value is -3.44. The summed E-state index contributed by atoms with van der Waals surface area (Å²) in [5.41, 5.74) is 2.24. The topological polar surface area (TPSA) is 63.4 Å². The SMILES string of the molecule is O=C1c2oc3ccccc3c(=O)c2[C@H](c2ccc(Cl)cc2)N1Cc1cccnc1. The number of carbonyl (C=O) groups is 1. The summed E-state index contributed by atoms with van der Waals surface area (Å²) < 4.78 is 5.91. The van der Waals surface area contributed by atoms with Gasteiger partial charge in [-0.25, -0.2) is 0 Å². The van der Waals surface area contributed by atoms with Gasteiger partial charge in [-0.2, -0.15) is 0 Å². The molecule has 4 aromatic rings. The van der Waals surface area contributed by atoms with E-state index >= 15 is 0 Å². The van der Waals surface area contributed by atoms with Crippen molar-refractivity contribution in [2.45, 2.75) is 12.6 Å². The second kappa shape index (κ2) is 6.87. The van der Waals surface area contributed by atoms with Gasteiger partial charge in [0, 0.05) is 24.0 Å². The Balaban J connectivity index is 1.73. The Morgan fingerprint density at radius 3 is 2.55 bits per heavy atom. The summed E-state index contributed by atoms with van der Waals surface area (Å²) in [5.74, 6) is -0.218. The van der Waals surface area contributed by atoms with Gasteiger partial charge in [-0.05, 0) is 41.5 Å². The van der Waals surface area contributed by atoms with Crippen LogP contribution in [0.25, 0.3) is 11.0 Å². The van der Waals surface area contributed by atoms with E-state index in [-0.39, 0.29) is 17.1 Å². The largest absolute Gasteiger partial charge is 0.450 e. The molecule has 0 unspecified atom stereocenters. The Morgan fingerprint density at radius 1 is 1.00 bits per heavy atom. The molecular formula is C23H15ClN2O3. The minimum absolute atomic E-state index is 0.0949. The fourth-order valence-corrected chi connectivity index (χ4v) is 3.94. The van der Waals surface area contributed by atoms with Crippen LogP contribution >= 0.6 is 11.6 Å². The molecule has 0 aliphatic carbocycles. The van der Waals surface area contributed by atoms with Crippen LogP contribution in [0.1, 0.15) is 33.3 Å². The zero-order valence-electron chi connectivity index (χ0n) is 15.2. The molecule has 5 rings (SSSR count). The van der Waals surface area contributed by atoms with Crippen LogP contribution in [-0.4, -0.2) is 15.8 Å². The van der Waals surface area contributed by atoms with Gasteiger partial charge in [0.25, 0.3) is 5.91 Å². The molecule has 1 aliphatic heterocycles. The number of fused-ring (bicyclic) bond motifs is 2. The molecule has 0 saturated carbocycles. The van der Waals surface area contributed by atoms with Crippen molar-refractivity contribution < 1.29 is 9.21 Å². The van der Waals surface area contributed by atoms with Crippen molar-refractivity contribution in [3.05, 3.63) is 111 Å². The summed E-state index contributed by atoms with van der Waals surface area (Å²) >= 11 is 6.05. The highest BCUT2D eigenvalue weighted by atomic mass is 35.5. The number of hydrogen-bond donors (Lipinski definition) is 0. The average molecular weight is 403 g/mol. The Bertz CT molecular complexity index is 1280. The number of aromatic nitrogens is 1. The van der Waals surface area contributed by atoms with E-state index in [0.29, 0.717) is 28.1 Å². The van der Waals surface area contributed by atoms with Crippen LogP contribution < -0.4 is 5.43 Å². The molecule has 0 fully saturated rings. The number of rotatable bonds is 3. The van der Waals surface area contributed by atoms with E-state index in [1.807, 2.05) is 24.3 Å². The van der Waals surface area contributed by atoms with Crippen molar-refractivity contribution in [2.24, 2.45) is 0 Å². The molecule has 2 aromatic heterocycles. The number of para-hydroxylation sites is 1. The molecule has 1 amide bonds. The lowest BCUT2D eigenvalue weighted by Gasteiger charge is -2.25. The van der Waals surface area contributed by atoms with E-state index in [4.69, 9.17) is 16.0 Å². The predicted molar refractivity (Wildman–Crippen MR) is 110 cm³/mol. The van der Waals surface area contributed by atoms with Crippen LogP contribution in [0.5, 0.6) is 0 Å². The first-order valence-electron chi connectivity index (χ1n) is 9.14. The van der Waals surface area contributed by atoms with E-state index in [2.05, 4.69) is 4.98 Å². The van der Waals surface area contributed by atoms with Crippen molar-refractivity contribution in [1.29, 1.82) is 0 Å². The van der Waals surface area contributed by atoms with Crippen LogP contribution in [0.2, 0.25) is 5.02 Å². The molecule has 6 heteroatoms. The third-order valence-electron chi connectivity index (χ3n) is 5.13. The lowest BCUT2D eigenvalue weighted by Crippen LogP contribution is -2.29. The summed E-state index contributed by atoms with van der Waals surface area (Å²) in [7, 11) is 0. The van der Waals surface area contributed by atoms with E-state index < -0.39 is 6.04 Å². The Labute approximate surface area is 171 Å². The van der Waals surface area contributed by atoms with Crippen LogP contribution in [0.3, 0.4) is 0 Å². The molecule has 1 aliphatic rings. The lowest BCUT2D eigenvalue weighted by molar-refractivity contribution is 0.0714. The summed E-state index contributed by atoms with van der Waals surface area (Å²) in [6, 6.07) is 17.3. The van der Waals surface area contributed by atoms with Crippen molar-refractivity contribution >= 4 is 28.5 Å². The molecule has 142 valence electrons. The van der Waals surface area contributed by atoms with Crippen LogP contribution in [0, 0.1) is 0 Å². The first-order chi connectivity index (χ1) is 14.1. The maximum Gasteiger partial charge on any atom is 0.291 e. The molecule has 1 atom stereocenters. The molecule has 0 radical (unpaired) electrons. The summed E-state index contributed by atoms with van der Waals surface area (Å²) in [4.78, 5) is 32.4. The number of nitrogens with zero attached hydrogens (tertiary/aromatic N) is 2. The fraction of sp³-hybridized carbons (Fsp3) is 0.0870. The quantitative estimate of drug-likeness (QED) is 0.503. The van der Waals surface area contributed by atoms with Gasteiger partial charge in [-0.15, -0.1) is 0 Å². The first-order valence-corrected chi connectivity index (χ1v) is 9.52. The standard InChI is InChI=1S/C23H15ClN2O3/c24-16-9-7-15(8-10-16)20-19-21(27)17-5-1-2-6-18(17)29-22(19)23(28)26(20)13-14-4-3-11-25-12-14/h1-12,20H,13H2/t20-/m0/s1. The highest BCUT2D eigenvalue weighted by Gasteiger charge is 2.42. The van der Waals surface area contributed by atoms with E-state index in [9.17, 15) is 9.59 Å². The molecule has 0 saturated heterocycles. The number of carbonyl (C=O) groups excluding carboxylic acids is 1. The van der Waals surface area contributed by atoms with Crippen molar-refractivity contribution in [3.63, 3.8) is 0 Å². The van der Waals surface area contributed by atoms with E-state index in [1.54, 1.807) is 53.7 Å². The normalized spacial score (nSPS) is 15.7. The van der Waals surface area contributed by atoms with Gasteiger partial charge in [0.15, 0.2) is 5.43 Å². The van der Waals surface area contributed by atoms with Gasteiger partial charge in [0.1, 0.15) is 5.58 Å². The highest BCUT2D eigenvalue weighted by Crippen LogP contribution is 2.39. The summed E-state index contributed by atoms with van der Waals surface area (Å²) in [5, 5.41) is 1.05. The molecule has 3 heterocycles. The second-order valence-corrected chi connectivity index (χ2v) is 7.35. The van der Waals surface area contributed by atoms with Crippen LogP contribution in [-0.2, 0) is 6.54 Å². The number of benzene rings is 2. The average Bonchev–Trinajstić information content (AvgIpc) is 3.02. The Morgan fingerprint density at radius 2 is 1.79 bits per heavy atom. The predicted octanol–water partition coefficient (Wildman–Crippen LogP) is 4.59. The molecule has 2 aromatic carbocycles. The molecular weight excluding hydrogens is 388 g/mol. The number of amides is 1. The number of pyridine rings is 1. The third-order valence-corrected chi connectivity index (χ3v) is 5.39. The number of hydrogen-bond acceptors (Lipinski definition) is 4. The second-order valence-electron chi connectivity index (χ2n) is 6.92. The fourth-order valence-electron chi connectivity index (χ4n) is 3.81. The smallest absolute Gasteiger partial charge is 0.291 e. The van der Waals surface area contributed by atoms with Crippen molar-refractivity contribution in [1.82, 2.24) is 9.88 Å². The maximum absolute atomic E-state index is 13.3. The third kappa shape index (κ3) is 2.91. The zero-order valence-corrected chi connectivity index (χ0v) is 16.0. The Kier molecular flexibility index (Phi) is 4.18. The highest BCUT2D eigenvalue weighted by molar-refractivity contribution is 6.30. The first kappa shape index (κ1) is 17.6. The van der Waals surface area contributed by atoms with Gasteiger partial charge in [-0.1, -0.05) is 41.9 Å². The molecule has 0 bridgehead atoms. The zero-order chi connectivity index (χ0) is 20.0. The van der Waals surface area contributed by atoms with Gasteiger partial charge in [0.2, 0.25) is 5.76 Å². The van der Waals surface area contributed by atoms with E-state index in [1.165, 1.54) is 0 Å². The van der Waals surface area contributed by atoms with Crippen molar-refractivity contribution in [2.75, 3.05) is 0 Å². The van der Waals surface area contributed by atoms with Gasteiger partial charge >= 0.3 is 0 Å². The van der Waals surface area contributed by atoms with E-state index in [0.717, 1.165) is 11.1 Å². The molecule has 0 spiro atoms. The van der Waals surface area contributed by atoms with Gasteiger partial charge in [0.05, 0.1) is 17.0 Å². The molecule has 0 N–H and O–H groups in total. The monoisotopic (exact) mass is 402 g/mol. The molecule has 5 nitrogen and oxygen atoms in total.